The van der Waals surface area contributed by atoms with Crippen LogP contribution >= 0.6 is 11.5 Å². The number of nitrogens with zero attached hydrogens (tertiary/aromatic N) is 2. The third-order valence-corrected chi connectivity index (χ3v) is 2.65. The minimum absolute atomic E-state index is 0.0513. The van der Waals surface area contributed by atoms with Crippen molar-refractivity contribution in [1.29, 1.82) is 0 Å². The van der Waals surface area contributed by atoms with Gasteiger partial charge >= 0.3 is 5.97 Å². The minimum atomic E-state index is -0.823. The van der Waals surface area contributed by atoms with Crippen molar-refractivity contribution in [3.05, 3.63) is 5.82 Å². The molecule has 90 valence electrons. The molecular weight excluding hydrogens is 226 g/mol. The number of nitrogens with one attached hydrogen (secondary N) is 1. The van der Waals surface area contributed by atoms with Crippen molar-refractivity contribution in [3.8, 4) is 0 Å². The molecule has 0 saturated carbocycles. The Morgan fingerprint density at radius 1 is 1.56 bits per heavy atom. The van der Waals surface area contributed by atoms with E-state index < -0.39 is 11.5 Å². The Morgan fingerprint density at radius 3 is 2.81 bits per heavy atom. The number of aromatic nitrogens is 2. The molecule has 0 aliphatic heterocycles. The van der Waals surface area contributed by atoms with Crippen molar-refractivity contribution < 1.29 is 9.90 Å². The fourth-order valence-corrected chi connectivity index (χ4v) is 2.13. The maximum Gasteiger partial charge on any atom is 0.305 e. The fourth-order valence-electron chi connectivity index (χ4n) is 1.34. The highest BCUT2D eigenvalue weighted by atomic mass is 32.1. The van der Waals surface area contributed by atoms with E-state index in [4.69, 9.17) is 5.11 Å². The van der Waals surface area contributed by atoms with E-state index in [2.05, 4.69) is 21.6 Å². The van der Waals surface area contributed by atoms with Gasteiger partial charge in [0.15, 0.2) is 0 Å². The molecule has 0 radical (unpaired) electrons. The minimum Gasteiger partial charge on any atom is -0.481 e. The van der Waals surface area contributed by atoms with Crippen molar-refractivity contribution in [2.75, 3.05) is 5.32 Å². The topological polar surface area (TPSA) is 75.1 Å². The predicted molar refractivity (Wildman–Crippen MR) is 63.9 cm³/mol. The first-order valence-electron chi connectivity index (χ1n) is 5.25. The van der Waals surface area contributed by atoms with E-state index in [1.807, 2.05) is 13.8 Å². The molecule has 0 saturated heterocycles. The summed E-state index contributed by atoms with van der Waals surface area (Å²) in [6, 6.07) is 0. The Kier molecular flexibility index (Phi) is 4.23. The van der Waals surface area contributed by atoms with E-state index in [0.29, 0.717) is 5.13 Å². The van der Waals surface area contributed by atoms with Crippen molar-refractivity contribution in [2.24, 2.45) is 0 Å². The lowest BCUT2D eigenvalue weighted by atomic mass is 10.0. The van der Waals surface area contributed by atoms with E-state index in [1.54, 1.807) is 0 Å². The molecule has 16 heavy (non-hydrogen) atoms. The Labute approximate surface area is 99.1 Å². The summed E-state index contributed by atoms with van der Waals surface area (Å²) in [4.78, 5) is 14.9. The zero-order valence-corrected chi connectivity index (χ0v) is 10.6. The molecule has 0 bridgehead atoms. The largest absolute Gasteiger partial charge is 0.481 e. The van der Waals surface area contributed by atoms with Crippen molar-refractivity contribution >= 4 is 22.6 Å². The molecule has 0 fully saturated rings. The quantitative estimate of drug-likeness (QED) is 0.800. The van der Waals surface area contributed by atoms with Gasteiger partial charge in [0, 0.05) is 23.5 Å². The van der Waals surface area contributed by atoms with E-state index in [1.165, 1.54) is 11.5 Å². The molecule has 0 unspecified atom stereocenters. The zero-order valence-electron chi connectivity index (χ0n) is 9.78. The highest BCUT2D eigenvalue weighted by molar-refractivity contribution is 7.09. The van der Waals surface area contributed by atoms with Gasteiger partial charge in [-0.2, -0.15) is 4.37 Å². The molecule has 5 nitrogen and oxygen atoms in total. The van der Waals surface area contributed by atoms with Crippen LogP contribution in [-0.4, -0.2) is 26.0 Å². The van der Waals surface area contributed by atoms with Gasteiger partial charge in [-0.25, -0.2) is 4.98 Å². The molecule has 2 N–H and O–H groups in total. The lowest BCUT2D eigenvalue weighted by Gasteiger charge is -2.23. The summed E-state index contributed by atoms with van der Waals surface area (Å²) >= 11 is 1.28. The number of hydrogen-bond donors (Lipinski definition) is 2. The first-order chi connectivity index (χ1) is 7.43. The Morgan fingerprint density at radius 2 is 2.25 bits per heavy atom. The maximum atomic E-state index is 10.6. The summed E-state index contributed by atoms with van der Waals surface area (Å²) in [6.07, 6.45) is 1.92. The first kappa shape index (κ1) is 12.9. The normalized spacial score (nSPS) is 11.4. The second kappa shape index (κ2) is 5.25. The molecule has 1 aromatic heterocycles. The standard InChI is InChI=1S/C10H17N3O2S/c1-4-5-7-11-9(16-13-7)12-10(2,3)6-8(14)15/h4-6H2,1-3H3,(H,14,15)(H,11,12,13). The van der Waals surface area contributed by atoms with Gasteiger partial charge in [-0.1, -0.05) is 6.92 Å². The van der Waals surface area contributed by atoms with Gasteiger partial charge < -0.3 is 10.4 Å². The summed E-state index contributed by atoms with van der Waals surface area (Å²) in [7, 11) is 0. The molecule has 0 aromatic carbocycles. The number of carboxylic acids is 1. The second-order valence-corrected chi connectivity index (χ2v) is 5.10. The van der Waals surface area contributed by atoms with Gasteiger partial charge in [-0.15, -0.1) is 0 Å². The zero-order chi connectivity index (χ0) is 12.2. The Bertz CT molecular complexity index is 363. The molecule has 1 heterocycles. The number of aliphatic carboxylic acids is 1. The summed E-state index contributed by atoms with van der Waals surface area (Å²) in [5.74, 6) is -0.00285. The smallest absolute Gasteiger partial charge is 0.305 e. The first-order valence-corrected chi connectivity index (χ1v) is 6.03. The molecule has 0 aliphatic rings. The van der Waals surface area contributed by atoms with Crippen LogP contribution in [0.2, 0.25) is 0 Å². The van der Waals surface area contributed by atoms with Crippen LogP contribution in [0.5, 0.6) is 0 Å². The van der Waals surface area contributed by atoms with Crippen LogP contribution in [0.3, 0.4) is 0 Å². The lowest BCUT2D eigenvalue weighted by molar-refractivity contribution is -0.137. The van der Waals surface area contributed by atoms with Gasteiger partial charge in [0.2, 0.25) is 5.13 Å². The van der Waals surface area contributed by atoms with Gasteiger partial charge in [-0.05, 0) is 20.3 Å². The molecule has 0 amide bonds. The highest BCUT2D eigenvalue weighted by Crippen LogP contribution is 2.20. The fraction of sp³-hybridized carbons (Fsp3) is 0.700. The van der Waals surface area contributed by atoms with E-state index in [0.717, 1.165) is 18.7 Å². The molecule has 0 spiro atoms. The number of rotatable bonds is 6. The molecule has 6 heteroatoms. The van der Waals surface area contributed by atoms with E-state index in [-0.39, 0.29) is 6.42 Å². The van der Waals surface area contributed by atoms with Gasteiger partial charge in [0.1, 0.15) is 5.82 Å². The van der Waals surface area contributed by atoms with Gasteiger partial charge in [0.05, 0.1) is 6.42 Å². The maximum absolute atomic E-state index is 10.6. The summed E-state index contributed by atoms with van der Waals surface area (Å²) in [5.41, 5.74) is -0.505. The molecule has 1 aromatic rings. The van der Waals surface area contributed by atoms with Crippen LogP contribution in [0.4, 0.5) is 5.13 Å². The summed E-state index contributed by atoms with van der Waals surface area (Å²) < 4.78 is 4.19. The van der Waals surface area contributed by atoms with Crippen molar-refractivity contribution in [2.45, 2.75) is 45.6 Å². The summed E-state index contributed by atoms with van der Waals surface area (Å²) in [6.45, 7) is 5.74. The monoisotopic (exact) mass is 243 g/mol. The van der Waals surface area contributed by atoms with Crippen LogP contribution < -0.4 is 5.32 Å². The number of anilines is 1. The van der Waals surface area contributed by atoms with Gasteiger partial charge in [-0.3, -0.25) is 4.79 Å². The highest BCUT2D eigenvalue weighted by Gasteiger charge is 2.22. The molecule has 0 atom stereocenters. The van der Waals surface area contributed by atoms with E-state index in [9.17, 15) is 4.79 Å². The third kappa shape index (κ3) is 4.14. The van der Waals surface area contributed by atoms with Crippen LogP contribution in [0.1, 0.15) is 39.4 Å². The van der Waals surface area contributed by atoms with Gasteiger partial charge in [0.25, 0.3) is 0 Å². The molecule has 0 aliphatic carbocycles. The molecule has 1 rings (SSSR count). The van der Waals surface area contributed by atoms with Crippen molar-refractivity contribution in [1.82, 2.24) is 9.36 Å². The number of carboxylic acid groups (broad SMARTS) is 1. The predicted octanol–water partition coefficient (Wildman–Crippen LogP) is 2.16. The van der Waals surface area contributed by atoms with E-state index >= 15 is 0 Å². The lowest BCUT2D eigenvalue weighted by Crippen LogP contribution is -2.33. The summed E-state index contributed by atoms with van der Waals surface area (Å²) in [5, 5.41) is 12.5. The van der Waals surface area contributed by atoms with Crippen LogP contribution in [-0.2, 0) is 11.2 Å². The third-order valence-electron chi connectivity index (χ3n) is 1.98. The molecular formula is C10H17N3O2S. The number of aryl methyl sites for hydroxylation is 1. The number of carbonyl (C=O) groups is 1. The van der Waals surface area contributed by atoms with Crippen LogP contribution in [0.15, 0.2) is 0 Å². The number of hydrogen-bond acceptors (Lipinski definition) is 5. The second-order valence-electron chi connectivity index (χ2n) is 4.35. The van der Waals surface area contributed by atoms with Crippen LogP contribution in [0, 0.1) is 0 Å². The Hall–Kier alpha value is -1.17. The van der Waals surface area contributed by atoms with Crippen molar-refractivity contribution in [3.63, 3.8) is 0 Å². The SMILES string of the molecule is CCCc1nsc(NC(C)(C)CC(=O)O)n1. The average Bonchev–Trinajstić information content (AvgIpc) is 2.49. The Balaban J connectivity index is 2.61. The van der Waals surface area contributed by atoms with Crippen LogP contribution in [0.25, 0.3) is 0 Å². The average molecular weight is 243 g/mol.